The highest BCUT2D eigenvalue weighted by molar-refractivity contribution is 5.26. The summed E-state index contributed by atoms with van der Waals surface area (Å²) in [5.74, 6) is -0.0364. The van der Waals surface area contributed by atoms with Gasteiger partial charge in [0.05, 0.1) is 43.7 Å². The predicted molar refractivity (Wildman–Crippen MR) is 223 cm³/mol. The molecule has 2 bridgehead atoms. The fourth-order valence-electron chi connectivity index (χ4n) is 15.8. The van der Waals surface area contributed by atoms with Crippen LogP contribution in [0.15, 0.2) is 11.6 Å². The molecule has 0 aromatic carbocycles. The third kappa shape index (κ3) is 7.19. The van der Waals surface area contributed by atoms with E-state index in [1.165, 1.54) is 6.92 Å². The number of hydrogen-bond acceptors (Lipinski definition) is 17. The quantitative estimate of drug-likeness (QED) is 0.122. The first kappa shape index (κ1) is 48.1. The van der Waals surface area contributed by atoms with Crippen LogP contribution >= 0.6 is 0 Å². The molecular weight excluding hydrogens is 836 g/mol. The molecule has 9 rings (SSSR count). The fourth-order valence-corrected chi connectivity index (χ4v) is 15.8. The predicted octanol–water partition coefficient (Wildman–Crippen LogP) is 0.994. The molecule has 0 aromatic heterocycles. The zero-order valence-electron chi connectivity index (χ0n) is 38.7. The molecule has 17 heteroatoms. The molecule has 3 unspecified atom stereocenters. The van der Waals surface area contributed by atoms with Crippen LogP contribution in [0.2, 0.25) is 0 Å². The van der Waals surface area contributed by atoms with Crippen molar-refractivity contribution in [1.82, 2.24) is 0 Å². The van der Waals surface area contributed by atoms with Crippen LogP contribution < -0.4 is 0 Å². The molecule has 2 spiro atoms. The molecule has 0 aromatic rings. The maximum absolute atomic E-state index is 12.2. The van der Waals surface area contributed by atoms with E-state index in [9.17, 15) is 46.0 Å². The molecule has 9 aliphatic rings. The van der Waals surface area contributed by atoms with Gasteiger partial charge >= 0.3 is 0 Å². The first-order chi connectivity index (χ1) is 29.9. The topological polar surface area (TPSA) is 256 Å². The number of ether oxygens (including phenoxy) is 8. The van der Waals surface area contributed by atoms with Gasteiger partial charge in [-0.3, -0.25) is 0 Å². The van der Waals surface area contributed by atoms with Crippen molar-refractivity contribution in [1.29, 1.82) is 0 Å². The van der Waals surface area contributed by atoms with E-state index in [0.717, 1.165) is 44.1 Å². The Morgan fingerprint density at radius 2 is 1.41 bits per heavy atom. The smallest absolute Gasteiger partial charge is 0.187 e. The minimum atomic E-state index is -1.79. The summed E-state index contributed by atoms with van der Waals surface area (Å²) in [6.45, 7) is 16.7. The molecule has 9 N–H and O–H groups in total. The molecule has 64 heavy (non-hydrogen) atoms. The van der Waals surface area contributed by atoms with Gasteiger partial charge in [0.25, 0.3) is 0 Å². The second kappa shape index (κ2) is 16.6. The van der Waals surface area contributed by atoms with Crippen LogP contribution in [0.1, 0.15) is 107 Å². The number of aliphatic hydroxyl groups is 9. The number of rotatable bonds is 8. The molecular formula is C47H76O17. The third-order valence-electron chi connectivity index (χ3n) is 18.7. The van der Waals surface area contributed by atoms with Gasteiger partial charge in [0.1, 0.15) is 61.0 Å². The van der Waals surface area contributed by atoms with Crippen molar-refractivity contribution >= 4 is 0 Å². The van der Waals surface area contributed by atoms with Crippen molar-refractivity contribution in [2.75, 3.05) is 19.8 Å². The fraction of sp³-hybridized carbons (Fsp3) is 0.957. The summed E-state index contributed by atoms with van der Waals surface area (Å²) >= 11 is 0. The molecule has 25 atom stereocenters. The molecule has 17 nitrogen and oxygen atoms in total. The number of allylic oxidation sites excluding steroid dienone is 1. The van der Waals surface area contributed by atoms with Crippen LogP contribution in [-0.4, -0.2) is 175 Å². The standard InChI is InChI=1S/C47H76O17/c1-21(2)15-23-16-45(8,56)38-24-9-10-28-43(6)13-12-29(42(4,5)27(43)11-14-44(28,7)46(24)19-47(38,64-23)58-20-46)61-41-37(63-39-34(54)32(52)30(50)22(3)59-39)36(25(49)18-57-41)62-40-35(55)33(53)31(51)26(17-48)60-40/h15,22-41,48-56H,9-14,16-20H2,1-8H3/t22-,23+,24?,25-,26-,27?,28-,29+,30-,31-,32+,33+,34-,35-,36-,37+,38?,39-,40+,41+,43+,44-,45+,46+,47+/m1/s1. The summed E-state index contributed by atoms with van der Waals surface area (Å²) in [4.78, 5) is 0. The summed E-state index contributed by atoms with van der Waals surface area (Å²) in [6, 6.07) is 0. The lowest BCUT2D eigenvalue weighted by atomic mass is 9.35. The SMILES string of the molecule is CC(C)=C[C@H]1C[C@](C)(O)C2C3CC[C@@H]4[C@@]5(C)CC[C@H](O[C@@H]6OC[C@@H](O)[C@@H](O[C@@H]7O[C@H](CO)[C@@H](O)[C@H](O)[C@H]7O)[C@@H]6O[C@H]6O[C@H](C)[C@@H](O)[C@H](O)[C@H]6O)C(C)(C)C5CC[C@@]4(C)[C@@]34CO[C@@]2(C4)O1. The Bertz CT molecular complexity index is 1740. The van der Waals surface area contributed by atoms with Gasteiger partial charge in [-0.15, -0.1) is 0 Å². The Morgan fingerprint density at radius 3 is 2.09 bits per heavy atom. The van der Waals surface area contributed by atoms with Crippen LogP contribution in [0.4, 0.5) is 0 Å². The Balaban J connectivity index is 0.974. The second-order valence-electron chi connectivity index (χ2n) is 23.0. The molecule has 5 aliphatic heterocycles. The summed E-state index contributed by atoms with van der Waals surface area (Å²) in [6.07, 6.45) is -12.6. The van der Waals surface area contributed by atoms with E-state index in [1.54, 1.807) is 0 Å². The van der Waals surface area contributed by atoms with E-state index in [2.05, 4.69) is 47.6 Å². The molecule has 4 saturated carbocycles. The van der Waals surface area contributed by atoms with E-state index in [1.807, 2.05) is 6.92 Å². The van der Waals surface area contributed by atoms with Crippen LogP contribution in [0.5, 0.6) is 0 Å². The van der Waals surface area contributed by atoms with Crippen molar-refractivity contribution in [2.24, 2.45) is 45.3 Å². The zero-order chi connectivity index (χ0) is 46.3. The van der Waals surface area contributed by atoms with Gasteiger partial charge in [0.2, 0.25) is 0 Å². The van der Waals surface area contributed by atoms with Gasteiger partial charge in [-0.2, -0.15) is 0 Å². The Kier molecular flexibility index (Phi) is 12.5. The minimum Gasteiger partial charge on any atom is -0.394 e. The summed E-state index contributed by atoms with van der Waals surface area (Å²) in [5.41, 5.74) is -0.471. The summed E-state index contributed by atoms with van der Waals surface area (Å²) in [5, 5.41) is 97.7. The van der Waals surface area contributed by atoms with Gasteiger partial charge < -0.3 is 83.9 Å². The van der Waals surface area contributed by atoms with Crippen LogP contribution in [-0.2, 0) is 37.9 Å². The van der Waals surface area contributed by atoms with E-state index in [-0.39, 0.29) is 46.7 Å². The Morgan fingerprint density at radius 1 is 0.734 bits per heavy atom. The van der Waals surface area contributed by atoms with Gasteiger partial charge in [-0.05, 0) is 100 Å². The number of fused-ring (bicyclic) bond motifs is 4. The molecule has 0 amide bonds. The number of aliphatic hydroxyl groups excluding tert-OH is 8. The monoisotopic (exact) mass is 913 g/mol. The number of hydrogen-bond donors (Lipinski definition) is 9. The van der Waals surface area contributed by atoms with Gasteiger partial charge in [-0.1, -0.05) is 39.3 Å². The lowest BCUT2D eigenvalue weighted by Crippen LogP contribution is -2.68. The first-order valence-corrected chi connectivity index (χ1v) is 23.9. The maximum Gasteiger partial charge on any atom is 0.187 e. The highest BCUT2D eigenvalue weighted by Crippen LogP contribution is 2.80. The molecule has 366 valence electrons. The highest BCUT2D eigenvalue weighted by atomic mass is 16.8. The van der Waals surface area contributed by atoms with Crippen LogP contribution in [0.25, 0.3) is 0 Å². The molecule has 0 radical (unpaired) electrons. The van der Waals surface area contributed by atoms with E-state index < -0.39 is 116 Å². The van der Waals surface area contributed by atoms with Crippen molar-refractivity contribution in [3.63, 3.8) is 0 Å². The largest absolute Gasteiger partial charge is 0.394 e. The lowest BCUT2D eigenvalue weighted by molar-refractivity contribution is -0.388. The van der Waals surface area contributed by atoms with E-state index in [4.69, 9.17) is 37.9 Å². The lowest BCUT2D eigenvalue weighted by Gasteiger charge is -2.70. The highest BCUT2D eigenvalue weighted by Gasteiger charge is 2.81. The third-order valence-corrected chi connectivity index (χ3v) is 18.7. The van der Waals surface area contributed by atoms with Crippen LogP contribution in [0, 0.1) is 45.3 Å². The summed E-state index contributed by atoms with van der Waals surface area (Å²) in [7, 11) is 0. The average Bonchev–Trinajstić information content (AvgIpc) is 3.74. The molecule has 5 saturated heterocycles. The van der Waals surface area contributed by atoms with Crippen LogP contribution in [0.3, 0.4) is 0 Å². The van der Waals surface area contributed by atoms with Gasteiger partial charge in [0.15, 0.2) is 24.7 Å². The Labute approximate surface area is 376 Å². The normalized spacial score (nSPS) is 57.8. The van der Waals surface area contributed by atoms with Crippen molar-refractivity contribution in [2.45, 2.75) is 216 Å². The summed E-state index contributed by atoms with van der Waals surface area (Å²) < 4.78 is 51.0. The van der Waals surface area contributed by atoms with Crippen molar-refractivity contribution < 1.29 is 83.9 Å². The molecule has 9 fully saturated rings. The second-order valence-corrected chi connectivity index (χ2v) is 23.0. The molecule has 4 aliphatic carbocycles. The average molecular weight is 913 g/mol. The van der Waals surface area contributed by atoms with E-state index in [0.29, 0.717) is 25.4 Å². The van der Waals surface area contributed by atoms with Crippen molar-refractivity contribution in [3.05, 3.63) is 11.6 Å². The zero-order valence-corrected chi connectivity index (χ0v) is 38.7. The first-order valence-electron chi connectivity index (χ1n) is 23.9. The van der Waals surface area contributed by atoms with Gasteiger partial charge in [-0.25, -0.2) is 0 Å². The van der Waals surface area contributed by atoms with Crippen molar-refractivity contribution in [3.8, 4) is 0 Å². The Hall–Kier alpha value is -0.940. The minimum absolute atomic E-state index is 0.0656. The van der Waals surface area contributed by atoms with Gasteiger partial charge in [0, 0.05) is 24.2 Å². The van der Waals surface area contributed by atoms with E-state index >= 15 is 0 Å². The molecule has 5 heterocycles. The maximum atomic E-state index is 12.2.